The normalized spacial score (nSPS) is 11.6. The Hall–Kier alpha value is -1.10. The lowest BCUT2D eigenvalue weighted by Crippen LogP contribution is -2.37. The van der Waals surface area contributed by atoms with Crippen LogP contribution in [0, 0.1) is 6.92 Å². The number of unbranched alkanes of at least 4 members (excludes halogenated alkanes) is 1. The number of aliphatic imine (C=N–C) groups is 1. The first kappa shape index (κ1) is 13.0. The van der Waals surface area contributed by atoms with Gasteiger partial charge in [0.25, 0.3) is 0 Å². The molecule has 0 saturated carbocycles. The molecule has 90 valence electrons. The van der Waals surface area contributed by atoms with Crippen LogP contribution in [0.5, 0.6) is 0 Å². The van der Waals surface area contributed by atoms with Gasteiger partial charge in [-0.25, -0.2) is 4.98 Å². The second kappa shape index (κ2) is 7.22. The number of hydrogen-bond acceptors (Lipinski definition) is 3. The van der Waals surface area contributed by atoms with Crippen LogP contribution in [-0.4, -0.2) is 24.5 Å². The number of nitrogens with one attached hydrogen (secondary N) is 2. The fourth-order valence-electron chi connectivity index (χ4n) is 1.25. The number of hydrogen-bond donors (Lipinski definition) is 2. The van der Waals surface area contributed by atoms with Gasteiger partial charge in [-0.05, 0) is 13.3 Å². The zero-order valence-corrected chi connectivity index (χ0v) is 11.0. The van der Waals surface area contributed by atoms with Gasteiger partial charge in [0.05, 0.1) is 6.54 Å². The minimum absolute atomic E-state index is 0.740. The maximum Gasteiger partial charge on any atom is 0.191 e. The molecular formula is C11H20N4S. The zero-order valence-electron chi connectivity index (χ0n) is 10.2. The molecule has 0 bridgehead atoms. The van der Waals surface area contributed by atoms with Gasteiger partial charge in [-0.1, -0.05) is 13.3 Å². The minimum Gasteiger partial charge on any atom is -0.356 e. The van der Waals surface area contributed by atoms with Crippen molar-refractivity contribution in [2.45, 2.75) is 33.2 Å². The van der Waals surface area contributed by atoms with E-state index in [1.54, 1.807) is 18.4 Å². The average Bonchev–Trinajstić information content (AvgIpc) is 2.69. The standard InChI is InChI=1S/C11H20N4S/c1-4-5-6-13-11(12-3)15-8-10-14-7-9(2)16-10/h7H,4-6,8H2,1-3H3,(H2,12,13,15). The van der Waals surface area contributed by atoms with Crippen LogP contribution in [0.1, 0.15) is 29.7 Å². The Morgan fingerprint density at radius 1 is 1.50 bits per heavy atom. The molecule has 0 radical (unpaired) electrons. The lowest BCUT2D eigenvalue weighted by atomic mass is 10.3. The molecule has 1 rings (SSSR count). The second-order valence-electron chi connectivity index (χ2n) is 3.57. The maximum absolute atomic E-state index is 4.29. The van der Waals surface area contributed by atoms with E-state index in [9.17, 15) is 0 Å². The van der Waals surface area contributed by atoms with E-state index in [0.717, 1.165) is 30.5 Å². The van der Waals surface area contributed by atoms with Crippen LogP contribution in [0.2, 0.25) is 0 Å². The Morgan fingerprint density at radius 2 is 2.31 bits per heavy atom. The monoisotopic (exact) mass is 240 g/mol. The predicted molar refractivity (Wildman–Crippen MR) is 70.0 cm³/mol. The van der Waals surface area contributed by atoms with Crippen molar-refractivity contribution in [1.29, 1.82) is 0 Å². The summed E-state index contributed by atoms with van der Waals surface area (Å²) in [6.45, 7) is 5.95. The quantitative estimate of drug-likeness (QED) is 0.469. The summed E-state index contributed by atoms with van der Waals surface area (Å²) in [5.41, 5.74) is 0. The van der Waals surface area contributed by atoms with Crippen LogP contribution in [0.15, 0.2) is 11.2 Å². The molecule has 0 unspecified atom stereocenters. The molecule has 0 aliphatic heterocycles. The molecule has 0 amide bonds. The van der Waals surface area contributed by atoms with Crippen molar-refractivity contribution in [2.75, 3.05) is 13.6 Å². The number of thiazole rings is 1. The van der Waals surface area contributed by atoms with E-state index in [-0.39, 0.29) is 0 Å². The molecule has 1 aromatic heterocycles. The summed E-state index contributed by atoms with van der Waals surface area (Å²) < 4.78 is 0. The highest BCUT2D eigenvalue weighted by molar-refractivity contribution is 7.11. The molecule has 0 fully saturated rings. The van der Waals surface area contributed by atoms with Crippen molar-refractivity contribution in [1.82, 2.24) is 15.6 Å². The van der Waals surface area contributed by atoms with Gasteiger partial charge in [-0.15, -0.1) is 11.3 Å². The van der Waals surface area contributed by atoms with Crippen LogP contribution in [0.3, 0.4) is 0 Å². The Balaban J connectivity index is 2.29. The molecule has 2 N–H and O–H groups in total. The number of nitrogens with zero attached hydrogens (tertiary/aromatic N) is 2. The fourth-order valence-corrected chi connectivity index (χ4v) is 1.97. The lowest BCUT2D eigenvalue weighted by molar-refractivity contribution is 0.728. The number of aromatic nitrogens is 1. The maximum atomic E-state index is 4.29. The molecule has 5 heteroatoms. The van der Waals surface area contributed by atoms with Gasteiger partial charge in [0.2, 0.25) is 0 Å². The molecule has 1 aromatic rings. The summed E-state index contributed by atoms with van der Waals surface area (Å²) in [5, 5.41) is 7.60. The summed E-state index contributed by atoms with van der Waals surface area (Å²) in [7, 11) is 1.79. The molecular weight excluding hydrogens is 220 g/mol. The third-order valence-corrected chi connectivity index (χ3v) is 3.04. The second-order valence-corrected chi connectivity index (χ2v) is 4.89. The first-order valence-corrected chi connectivity index (χ1v) is 6.43. The molecule has 1 heterocycles. The third-order valence-electron chi connectivity index (χ3n) is 2.12. The number of rotatable bonds is 5. The van der Waals surface area contributed by atoms with Gasteiger partial charge in [0.15, 0.2) is 5.96 Å². The van der Waals surface area contributed by atoms with E-state index in [1.165, 1.54) is 11.3 Å². The molecule has 0 aromatic carbocycles. The van der Waals surface area contributed by atoms with E-state index in [2.05, 4.69) is 34.5 Å². The van der Waals surface area contributed by atoms with Gasteiger partial charge in [0.1, 0.15) is 5.01 Å². The molecule has 4 nitrogen and oxygen atoms in total. The van der Waals surface area contributed by atoms with E-state index >= 15 is 0 Å². The van der Waals surface area contributed by atoms with E-state index in [0.29, 0.717) is 0 Å². The topological polar surface area (TPSA) is 49.3 Å². The Labute approximate surface area is 101 Å². The lowest BCUT2D eigenvalue weighted by Gasteiger charge is -2.09. The summed E-state index contributed by atoms with van der Waals surface area (Å²) in [4.78, 5) is 9.69. The van der Waals surface area contributed by atoms with Crippen LogP contribution in [0.25, 0.3) is 0 Å². The Bertz CT molecular complexity index is 332. The average molecular weight is 240 g/mol. The Kier molecular flexibility index (Phi) is 5.85. The van der Waals surface area contributed by atoms with Gasteiger partial charge in [-0.3, -0.25) is 4.99 Å². The zero-order chi connectivity index (χ0) is 11.8. The van der Waals surface area contributed by atoms with Gasteiger partial charge >= 0.3 is 0 Å². The van der Waals surface area contributed by atoms with Crippen LogP contribution in [0.4, 0.5) is 0 Å². The van der Waals surface area contributed by atoms with Crippen molar-refractivity contribution < 1.29 is 0 Å². The highest BCUT2D eigenvalue weighted by atomic mass is 32.1. The Morgan fingerprint density at radius 3 is 2.88 bits per heavy atom. The van der Waals surface area contributed by atoms with E-state index in [4.69, 9.17) is 0 Å². The van der Waals surface area contributed by atoms with Crippen molar-refractivity contribution in [3.63, 3.8) is 0 Å². The summed E-state index contributed by atoms with van der Waals surface area (Å²) in [6, 6.07) is 0. The van der Waals surface area contributed by atoms with Crippen molar-refractivity contribution in [2.24, 2.45) is 4.99 Å². The smallest absolute Gasteiger partial charge is 0.191 e. The van der Waals surface area contributed by atoms with Gasteiger partial charge < -0.3 is 10.6 Å². The third kappa shape index (κ3) is 4.61. The van der Waals surface area contributed by atoms with Crippen LogP contribution < -0.4 is 10.6 Å². The predicted octanol–water partition coefficient (Wildman–Crippen LogP) is 1.92. The first-order valence-electron chi connectivity index (χ1n) is 5.62. The highest BCUT2D eigenvalue weighted by Crippen LogP contribution is 2.10. The molecule has 0 atom stereocenters. The highest BCUT2D eigenvalue weighted by Gasteiger charge is 2.00. The van der Waals surface area contributed by atoms with Crippen molar-refractivity contribution in [3.8, 4) is 0 Å². The summed E-state index contributed by atoms with van der Waals surface area (Å²) in [6.07, 6.45) is 4.25. The summed E-state index contributed by atoms with van der Waals surface area (Å²) >= 11 is 1.71. The number of aryl methyl sites for hydroxylation is 1. The molecule has 0 spiro atoms. The minimum atomic E-state index is 0.740. The molecule has 0 aliphatic rings. The van der Waals surface area contributed by atoms with E-state index in [1.807, 2.05) is 6.20 Å². The van der Waals surface area contributed by atoms with Gasteiger partial charge in [0, 0.05) is 24.7 Å². The summed E-state index contributed by atoms with van der Waals surface area (Å²) in [5.74, 6) is 0.848. The largest absolute Gasteiger partial charge is 0.356 e. The van der Waals surface area contributed by atoms with Crippen molar-refractivity contribution >= 4 is 17.3 Å². The van der Waals surface area contributed by atoms with Crippen LogP contribution in [-0.2, 0) is 6.54 Å². The molecule has 16 heavy (non-hydrogen) atoms. The number of guanidine groups is 1. The molecule has 0 saturated heterocycles. The van der Waals surface area contributed by atoms with Crippen LogP contribution >= 0.6 is 11.3 Å². The van der Waals surface area contributed by atoms with Crippen molar-refractivity contribution in [3.05, 3.63) is 16.1 Å². The molecule has 0 aliphatic carbocycles. The van der Waals surface area contributed by atoms with E-state index < -0.39 is 0 Å². The van der Waals surface area contributed by atoms with Gasteiger partial charge in [-0.2, -0.15) is 0 Å². The fraction of sp³-hybridized carbons (Fsp3) is 0.636. The first-order chi connectivity index (χ1) is 7.76. The SMILES string of the molecule is CCCCNC(=NC)NCc1ncc(C)s1.